The van der Waals surface area contributed by atoms with Gasteiger partial charge < -0.3 is 5.11 Å². The Morgan fingerprint density at radius 1 is 1.36 bits per heavy atom. The molecule has 14 heavy (non-hydrogen) atoms. The van der Waals surface area contributed by atoms with Crippen LogP contribution in [0.1, 0.15) is 37.0 Å². The molecular weight excluding hydrogens is 172 g/mol. The number of aliphatic hydroxyl groups excluding tert-OH is 1. The van der Waals surface area contributed by atoms with E-state index in [9.17, 15) is 5.11 Å². The van der Waals surface area contributed by atoms with E-state index in [0.29, 0.717) is 6.42 Å². The van der Waals surface area contributed by atoms with Gasteiger partial charge in [0, 0.05) is 0 Å². The second-order valence-corrected chi connectivity index (χ2v) is 3.73. The molecule has 0 fully saturated rings. The highest BCUT2D eigenvalue weighted by Crippen LogP contribution is 2.21. The lowest BCUT2D eigenvalue weighted by Gasteiger charge is -2.11. The molecule has 1 aromatic rings. The molecule has 1 aromatic carbocycles. The van der Waals surface area contributed by atoms with Crippen molar-refractivity contribution in [3.05, 3.63) is 47.5 Å². The molecule has 1 atom stereocenters. The van der Waals surface area contributed by atoms with Gasteiger partial charge in [0.2, 0.25) is 0 Å². The van der Waals surface area contributed by atoms with E-state index in [1.165, 1.54) is 5.56 Å². The lowest BCUT2D eigenvalue weighted by molar-refractivity contribution is 0.177. The first kappa shape index (κ1) is 11.0. The summed E-state index contributed by atoms with van der Waals surface area (Å²) in [7, 11) is 0. The van der Waals surface area contributed by atoms with Crippen molar-refractivity contribution in [2.75, 3.05) is 0 Å². The number of hydrogen-bond donors (Lipinski definition) is 1. The Morgan fingerprint density at radius 2 is 1.93 bits per heavy atom. The lowest BCUT2D eigenvalue weighted by Crippen LogP contribution is -1.98. The number of rotatable bonds is 4. The molecule has 0 aliphatic heterocycles. The molecule has 1 rings (SSSR count). The smallest absolute Gasteiger partial charge is 0.0827 e. The molecule has 0 saturated carbocycles. The minimum absolute atomic E-state index is 0.400. The summed E-state index contributed by atoms with van der Waals surface area (Å²) in [6, 6.07) is 7.99. The normalized spacial score (nSPS) is 12.5. The quantitative estimate of drug-likeness (QED) is 0.721. The van der Waals surface area contributed by atoms with E-state index in [2.05, 4.69) is 13.5 Å². The Hall–Kier alpha value is -1.08. The molecule has 0 aliphatic carbocycles. The van der Waals surface area contributed by atoms with Gasteiger partial charge in [-0.2, -0.15) is 0 Å². The maximum Gasteiger partial charge on any atom is 0.0827 e. The van der Waals surface area contributed by atoms with Gasteiger partial charge in [0.1, 0.15) is 0 Å². The predicted molar refractivity (Wildman–Crippen MR) is 60.2 cm³/mol. The summed E-state index contributed by atoms with van der Waals surface area (Å²) in [4.78, 5) is 0. The average molecular weight is 190 g/mol. The second-order valence-electron chi connectivity index (χ2n) is 3.73. The second kappa shape index (κ2) is 4.97. The van der Waals surface area contributed by atoms with Crippen LogP contribution in [0.4, 0.5) is 0 Å². The van der Waals surface area contributed by atoms with Gasteiger partial charge >= 0.3 is 0 Å². The van der Waals surface area contributed by atoms with Crippen molar-refractivity contribution in [2.45, 2.75) is 32.8 Å². The summed E-state index contributed by atoms with van der Waals surface area (Å²) in [5, 5.41) is 9.85. The third-order valence-electron chi connectivity index (χ3n) is 2.44. The van der Waals surface area contributed by atoms with E-state index < -0.39 is 6.10 Å². The average Bonchev–Trinajstić information content (AvgIpc) is 2.18. The Morgan fingerprint density at radius 3 is 2.43 bits per heavy atom. The molecule has 1 heteroatoms. The molecule has 0 radical (unpaired) electrons. The van der Waals surface area contributed by atoms with Gasteiger partial charge in [-0.3, -0.25) is 0 Å². The van der Waals surface area contributed by atoms with Crippen LogP contribution < -0.4 is 0 Å². The fourth-order valence-electron chi connectivity index (χ4n) is 1.32. The number of aryl methyl sites for hydroxylation is 1. The van der Waals surface area contributed by atoms with Gasteiger partial charge in [0.15, 0.2) is 0 Å². The summed E-state index contributed by atoms with van der Waals surface area (Å²) in [6.07, 6.45) is 1.20. The predicted octanol–water partition coefficient (Wildman–Crippen LogP) is 3.38. The van der Waals surface area contributed by atoms with Gasteiger partial charge in [-0.05, 0) is 25.3 Å². The number of benzene rings is 1. The van der Waals surface area contributed by atoms with Gasteiger partial charge in [-0.1, -0.05) is 48.9 Å². The maximum absolute atomic E-state index is 9.85. The SMILES string of the molecule is C=C(CC)CC(O)c1ccc(C)cc1. The third kappa shape index (κ3) is 3.00. The minimum Gasteiger partial charge on any atom is -0.388 e. The molecule has 76 valence electrons. The van der Waals surface area contributed by atoms with Crippen LogP contribution in [0.5, 0.6) is 0 Å². The fourth-order valence-corrected chi connectivity index (χ4v) is 1.32. The van der Waals surface area contributed by atoms with Crippen LogP contribution in [-0.4, -0.2) is 5.11 Å². The summed E-state index contributed by atoms with van der Waals surface area (Å²) in [6.45, 7) is 8.00. The van der Waals surface area contributed by atoms with E-state index in [4.69, 9.17) is 0 Å². The van der Waals surface area contributed by atoms with Crippen molar-refractivity contribution in [1.82, 2.24) is 0 Å². The van der Waals surface area contributed by atoms with E-state index in [-0.39, 0.29) is 0 Å². The third-order valence-corrected chi connectivity index (χ3v) is 2.44. The largest absolute Gasteiger partial charge is 0.388 e. The first-order valence-corrected chi connectivity index (χ1v) is 5.04. The molecule has 0 saturated heterocycles. The highest BCUT2D eigenvalue weighted by atomic mass is 16.3. The van der Waals surface area contributed by atoms with Crippen LogP contribution in [0.25, 0.3) is 0 Å². The number of hydrogen-bond acceptors (Lipinski definition) is 1. The number of aliphatic hydroxyl groups is 1. The topological polar surface area (TPSA) is 20.2 Å². The summed E-state index contributed by atoms with van der Waals surface area (Å²) >= 11 is 0. The summed E-state index contributed by atoms with van der Waals surface area (Å²) in [5.74, 6) is 0. The van der Waals surface area contributed by atoms with Crippen molar-refractivity contribution in [3.8, 4) is 0 Å². The molecule has 0 amide bonds. The lowest BCUT2D eigenvalue weighted by atomic mass is 10.0. The van der Waals surface area contributed by atoms with Crippen molar-refractivity contribution in [2.24, 2.45) is 0 Å². The Labute approximate surface area is 86.1 Å². The molecule has 1 unspecified atom stereocenters. The van der Waals surface area contributed by atoms with E-state index in [0.717, 1.165) is 17.6 Å². The summed E-state index contributed by atoms with van der Waals surface area (Å²) in [5.41, 5.74) is 3.29. The molecule has 0 heterocycles. The first-order chi connectivity index (χ1) is 6.63. The van der Waals surface area contributed by atoms with Crippen molar-refractivity contribution < 1.29 is 5.11 Å². The van der Waals surface area contributed by atoms with E-state index >= 15 is 0 Å². The Balaban J connectivity index is 2.65. The molecule has 1 nitrogen and oxygen atoms in total. The van der Waals surface area contributed by atoms with Gasteiger partial charge in [0.25, 0.3) is 0 Å². The van der Waals surface area contributed by atoms with Crippen molar-refractivity contribution >= 4 is 0 Å². The molecule has 1 N–H and O–H groups in total. The fraction of sp³-hybridized carbons (Fsp3) is 0.385. The van der Waals surface area contributed by atoms with Gasteiger partial charge in [-0.25, -0.2) is 0 Å². The van der Waals surface area contributed by atoms with Crippen molar-refractivity contribution in [3.63, 3.8) is 0 Å². The molecule has 0 bridgehead atoms. The van der Waals surface area contributed by atoms with E-state index in [1.54, 1.807) is 0 Å². The van der Waals surface area contributed by atoms with Crippen LogP contribution >= 0.6 is 0 Å². The molecular formula is C13H18O. The molecule has 0 aromatic heterocycles. The van der Waals surface area contributed by atoms with Crippen LogP contribution in [0.3, 0.4) is 0 Å². The van der Waals surface area contributed by atoms with Crippen molar-refractivity contribution in [1.29, 1.82) is 0 Å². The first-order valence-electron chi connectivity index (χ1n) is 5.04. The van der Waals surface area contributed by atoms with Crippen LogP contribution in [-0.2, 0) is 0 Å². The van der Waals surface area contributed by atoms with Crippen LogP contribution in [0.15, 0.2) is 36.4 Å². The van der Waals surface area contributed by atoms with Gasteiger partial charge in [0.05, 0.1) is 6.10 Å². The van der Waals surface area contributed by atoms with Crippen LogP contribution in [0, 0.1) is 6.92 Å². The monoisotopic (exact) mass is 190 g/mol. The zero-order chi connectivity index (χ0) is 10.6. The van der Waals surface area contributed by atoms with E-state index in [1.807, 2.05) is 31.2 Å². The summed E-state index contributed by atoms with van der Waals surface area (Å²) < 4.78 is 0. The zero-order valence-corrected chi connectivity index (χ0v) is 8.96. The highest BCUT2D eigenvalue weighted by molar-refractivity contribution is 5.24. The Bertz CT molecular complexity index is 298. The zero-order valence-electron chi connectivity index (χ0n) is 8.96. The standard InChI is InChI=1S/C13H18O/c1-4-10(2)9-13(14)12-7-5-11(3)6-8-12/h5-8,13-14H,2,4,9H2,1,3H3. The van der Waals surface area contributed by atoms with Crippen LogP contribution in [0.2, 0.25) is 0 Å². The highest BCUT2D eigenvalue weighted by Gasteiger charge is 2.07. The minimum atomic E-state index is -0.400. The maximum atomic E-state index is 9.85. The molecule has 0 aliphatic rings. The Kier molecular flexibility index (Phi) is 3.90. The van der Waals surface area contributed by atoms with Gasteiger partial charge in [-0.15, -0.1) is 0 Å². The molecule has 0 spiro atoms.